The molecular weight excluding hydrogens is 156 g/mol. The van der Waals surface area contributed by atoms with Crippen LogP contribution in [-0.2, 0) is 0 Å². The Morgan fingerprint density at radius 1 is 0.917 bits per heavy atom. The van der Waals surface area contributed by atoms with E-state index in [0.29, 0.717) is 12.8 Å². The van der Waals surface area contributed by atoms with E-state index in [0.717, 1.165) is 0 Å². The molecule has 0 amide bonds. The Labute approximate surface area is 74.0 Å². The van der Waals surface area contributed by atoms with Crippen LogP contribution in [0.5, 0.6) is 0 Å². The SMILES string of the molecule is CC(CO)CC(O)CC(C)CO. The van der Waals surface area contributed by atoms with Gasteiger partial charge in [-0.15, -0.1) is 0 Å². The molecule has 2 unspecified atom stereocenters. The van der Waals surface area contributed by atoms with E-state index < -0.39 is 6.10 Å². The molecule has 0 aromatic rings. The average molecular weight is 176 g/mol. The summed E-state index contributed by atoms with van der Waals surface area (Å²) in [5.74, 6) is 0.289. The molecule has 0 rings (SSSR count). The van der Waals surface area contributed by atoms with Crippen LogP contribution in [0.3, 0.4) is 0 Å². The van der Waals surface area contributed by atoms with Gasteiger partial charge in [-0.25, -0.2) is 0 Å². The molecule has 3 nitrogen and oxygen atoms in total. The summed E-state index contributed by atoms with van der Waals surface area (Å²) in [4.78, 5) is 0. The predicted molar refractivity (Wildman–Crippen MR) is 47.7 cm³/mol. The van der Waals surface area contributed by atoms with E-state index in [1.54, 1.807) is 0 Å². The first-order chi connectivity index (χ1) is 5.60. The molecule has 0 bridgehead atoms. The van der Waals surface area contributed by atoms with Crippen molar-refractivity contribution in [2.24, 2.45) is 11.8 Å². The maximum absolute atomic E-state index is 9.43. The Balaban J connectivity index is 3.51. The lowest BCUT2D eigenvalue weighted by atomic mass is 9.97. The van der Waals surface area contributed by atoms with Crippen molar-refractivity contribution in [3.63, 3.8) is 0 Å². The Bertz CT molecular complexity index is 93.9. The van der Waals surface area contributed by atoms with Crippen molar-refractivity contribution in [2.45, 2.75) is 32.8 Å². The third-order valence-electron chi connectivity index (χ3n) is 1.97. The third-order valence-corrected chi connectivity index (χ3v) is 1.97. The molecule has 74 valence electrons. The molecule has 0 heterocycles. The van der Waals surface area contributed by atoms with E-state index in [9.17, 15) is 5.11 Å². The van der Waals surface area contributed by atoms with Crippen LogP contribution in [0, 0.1) is 11.8 Å². The zero-order valence-electron chi connectivity index (χ0n) is 7.90. The number of rotatable bonds is 6. The van der Waals surface area contributed by atoms with Gasteiger partial charge in [-0.3, -0.25) is 0 Å². The van der Waals surface area contributed by atoms with Crippen LogP contribution in [0.2, 0.25) is 0 Å². The van der Waals surface area contributed by atoms with Gasteiger partial charge < -0.3 is 15.3 Å². The van der Waals surface area contributed by atoms with Crippen molar-refractivity contribution in [3.8, 4) is 0 Å². The zero-order valence-corrected chi connectivity index (χ0v) is 7.90. The topological polar surface area (TPSA) is 60.7 Å². The quantitative estimate of drug-likeness (QED) is 0.548. The highest BCUT2D eigenvalue weighted by atomic mass is 16.3. The van der Waals surface area contributed by atoms with Crippen molar-refractivity contribution in [2.75, 3.05) is 13.2 Å². The van der Waals surface area contributed by atoms with E-state index in [1.165, 1.54) is 0 Å². The van der Waals surface area contributed by atoms with E-state index in [1.807, 2.05) is 13.8 Å². The van der Waals surface area contributed by atoms with Gasteiger partial charge in [0.2, 0.25) is 0 Å². The molecule has 0 fully saturated rings. The van der Waals surface area contributed by atoms with Crippen LogP contribution in [-0.4, -0.2) is 34.6 Å². The first-order valence-corrected chi connectivity index (χ1v) is 4.49. The van der Waals surface area contributed by atoms with Crippen molar-refractivity contribution in [1.82, 2.24) is 0 Å². The molecular formula is C9H20O3. The first kappa shape index (κ1) is 11.9. The summed E-state index contributed by atoms with van der Waals surface area (Å²) in [6.45, 7) is 4.02. The Hall–Kier alpha value is -0.120. The van der Waals surface area contributed by atoms with Crippen molar-refractivity contribution in [3.05, 3.63) is 0 Å². The normalized spacial score (nSPS) is 18.8. The van der Waals surface area contributed by atoms with Gasteiger partial charge in [-0.05, 0) is 24.7 Å². The van der Waals surface area contributed by atoms with E-state index in [2.05, 4.69) is 0 Å². The number of hydrogen-bond donors (Lipinski definition) is 3. The van der Waals surface area contributed by atoms with Crippen molar-refractivity contribution < 1.29 is 15.3 Å². The monoisotopic (exact) mass is 176 g/mol. The molecule has 12 heavy (non-hydrogen) atoms. The second kappa shape index (κ2) is 6.40. The molecule has 0 aliphatic rings. The summed E-state index contributed by atoms with van der Waals surface area (Å²) < 4.78 is 0. The van der Waals surface area contributed by atoms with Gasteiger partial charge in [-0.1, -0.05) is 13.8 Å². The number of aliphatic hydroxyl groups is 3. The minimum atomic E-state index is -0.394. The summed E-state index contributed by atoms with van der Waals surface area (Å²) in [6.07, 6.45) is 0.830. The molecule has 0 spiro atoms. The Morgan fingerprint density at radius 2 is 1.25 bits per heavy atom. The molecule has 0 saturated heterocycles. The molecule has 0 saturated carbocycles. The minimum Gasteiger partial charge on any atom is -0.396 e. The maximum atomic E-state index is 9.43. The lowest BCUT2D eigenvalue weighted by Gasteiger charge is -2.17. The van der Waals surface area contributed by atoms with Crippen LogP contribution < -0.4 is 0 Å². The largest absolute Gasteiger partial charge is 0.396 e. The standard InChI is InChI=1S/C9H20O3/c1-7(5-10)3-9(12)4-8(2)6-11/h7-12H,3-6H2,1-2H3. The molecule has 0 aliphatic heterocycles. The van der Waals surface area contributed by atoms with Gasteiger partial charge in [0, 0.05) is 13.2 Å². The van der Waals surface area contributed by atoms with Gasteiger partial charge in [0.05, 0.1) is 6.10 Å². The van der Waals surface area contributed by atoms with Crippen LogP contribution >= 0.6 is 0 Å². The maximum Gasteiger partial charge on any atom is 0.0547 e. The fourth-order valence-electron chi connectivity index (χ4n) is 1.17. The highest BCUT2D eigenvalue weighted by molar-refractivity contribution is 4.64. The number of aliphatic hydroxyl groups excluding tert-OH is 3. The average Bonchev–Trinajstić information content (AvgIpc) is 2.03. The molecule has 0 aromatic heterocycles. The zero-order chi connectivity index (χ0) is 9.56. The van der Waals surface area contributed by atoms with Gasteiger partial charge >= 0.3 is 0 Å². The lowest BCUT2D eigenvalue weighted by molar-refractivity contribution is 0.0886. The number of hydrogen-bond acceptors (Lipinski definition) is 3. The highest BCUT2D eigenvalue weighted by Crippen LogP contribution is 2.12. The molecule has 0 radical (unpaired) electrons. The van der Waals surface area contributed by atoms with E-state index in [-0.39, 0.29) is 25.0 Å². The van der Waals surface area contributed by atoms with Crippen LogP contribution in [0.1, 0.15) is 26.7 Å². The van der Waals surface area contributed by atoms with Crippen LogP contribution in [0.4, 0.5) is 0 Å². The first-order valence-electron chi connectivity index (χ1n) is 4.49. The summed E-state index contributed by atoms with van der Waals surface area (Å²) in [5.41, 5.74) is 0. The van der Waals surface area contributed by atoms with Gasteiger partial charge in [-0.2, -0.15) is 0 Å². The van der Waals surface area contributed by atoms with Gasteiger partial charge in [0.25, 0.3) is 0 Å². The van der Waals surface area contributed by atoms with Gasteiger partial charge in [0.1, 0.15) is 0 Å². The summed E-state index contributed by atoms with van der Waals surface area (Å²) in [5, 5.41) is 26.9. The van der Waals surface area contributed by atoms with Gasteiger partial charge in [0.15, 0.2) is 0 Å². The predicted octanol–water partition coefficient (Wildman–Crippen LogP) is 0.384. The molecule has 2 atom stereocenters. The van der Waals surface area contributed by atoms with E-state index in [4.69, 9.17) is 10.2 Å². The third kappa shape index (κ3) is 5.52. The highest BCUT2D eigenvalue weighted by Gasteiger charge is 2.12. The van der Waals surface area contributed by atoms with Crippen molar-refractivity contribution >= 4 is 0 Å². The van der Waals surface area contributed by atoms with Crippen LogP contribution in [0.25, 0.3) is 0 Å². The molecule has 3 N–H and O–H groups in total. The van der Waals surface area contributed by atoms with Crippen LogP contribution in [0.15, 0.2) is 0 Å². The summed E-state index contributed by atoms with van der Waals surface area (Å²) in [6, 6.07) is 0. The minimum absolute atomic E-state index is 0.116. The Kier molecular flexibility index (Phi) is 6.34. The molecule has 3 heteroatoms. The lowest BCUT2D eigenvalue weighted by Crippen LogP contribution is -2.18. The molecule has 0 aliphatic carbocycles. The molecule has 0 aromatic carbocycles. The van der Waals surface area contributed by atoms with Crippen molar-refractivity contribution in [1.29, 1.82) is 0 Å². The second-order valence-corrected chi connectivity index (χ2v) is 3.70. The van der Waals surface area contributed by atoms with E-state index >= 15 is 0 Å². The second-order valence-electron chi connectivity index (χ2n) is 3.70. The summed E-state index contributed by atoms with van der Waals surface area (Å²) in [7, 11) is 0. The smallest absolute Gasteiger partial charge is 0.0547 e. The fourth-order valence-corrected chi connectivity index (χ4v) is 1.17. The fraction of sp³-hybridized carbons (Fsp3) is 1.00. The summed E-state index contributed by atoms with van der Waals surface area (Å²) >= 11 is 0. The Morgan fingerprint density at radius 3 is 1.50 bits per heavy atom.